The summed E-state index contributed by atoms with van der Waals surface area (Å²) >= 11 is 0. The van der Waals surface area contributed by atoms with E-state index in [9.17, 15) is 4.79 Å². The van der Waals surface area contributed by atoms with Crippen molar-refractivity contribution in [2.24, 2.45) is 11.8 Å². The molecule has 0 aliphatic heterocycles. The van der Waals surface area contributed by atoms with Crippen LogP contribution in [-0.2, 0) is 0 Å². The fourth-order valence-corrected chi connectivity index (χ4v) is 4.66. The van der Waals surface area contributed by atoms with Crippen molar-refractivity contribution in [2.75, 3.05) is 25.6 Å². The topological polar surface area (TPSA) is 47.6 Å². The van der Waals surface area contributed by atoms with Gasteiger partial charge in [0.2, 0.25) is 0 Å². The smallest absolute Gasteiger partial charge is 0.193 e. The maximum atomic E-state index is 13.4. The van der Waals surface area contributed by atoms with E-state index in [0.29, 0.717) is 35.8 Å². The molecule has 2 aromatic carbocycles. The van der Waals surface area contributed by atoms with E-state index in [0.717, 1.165) is 57.1 Å². The number of carbonyl (C=O) groups is 1. The maximum Gasteiger partial charge on any atom is 0.193 e. The molecule has 0 fully saturated rings. The zero-order chi connectivity index (χ0) is 33.2. The lowest BCUT2D eigenvalue weighted by Gasteiger charge is -2.18. The first kappa shape index (κ1) is 37.1. The molecule has 46 heavy (non-hydrogen) atoms. The zero-order valence-corrected chi connectivity index (χ0v) is 27.6. The molecule has 2 atom stereocenters. The minimum absolute atomic E-state index is 0.0318. The van der Waals surface area contributed by atoms with Gasteiger partial charge >= 0.3 is 0 Å². The molecule has 236 valence electrons. The van der Waals surface area contributed by atoms with E-state index in [1.165, 1.54) is 12.8 Å². The Bertz CT molecular complexity index is 1570. The molecular formula is C42H45NO3. The van der Waals surface area contributed by atoms with E-state index in [4.69, 9.17) is 22.3 Å². The van der Waals surface area contributed by atoms with Gasteiger partial charge in [-0.1, -0.05) is 77.1 Å². The fraction of sp³-hybridized carbons (Fsp3) is 0.405. The Morgan fingerprint density at radius 3 is 1.70 bits per heavy atom. The van der Waals surface area contributed by atoms with Gasteiger partial charge in [-0.2, -0.15) is 0 Å². The predicted molar refractivity (Wildman–Crippen MR) is 190 cm³/mol. The molecule has 4 nitrogen and oxygen atoms in total. The summed E-state index contributed by atoms with van der Waals surface area (Å²) in [6.07, 6.45) is 21.3. The number of hydrogen-bond donors (Lipinski definition) is 1. The number of hydrogen-bond acceptors (Lipinski definition) is 4. The van der Waals surface area contributed by atoms with Gasteiger partial charge in [0.15, 0.2) is 17.3 Å². The molecule has 0 aliphatic rings. The number of nitrogens with one attached hydrogen (secondary N) is 1. The van der Waals surface area contributed by atoms with Gasteiger partial charge in [-0.3, -0.25) is 4.79 Å². The Hall–Kier alpha value is -5.13. The Labute approximate surface area is 277 Å². The van der Waals surface area contributed by atoms with Crippen LogP contribution in [0.4, 0.5) is 5.69 Å². The molecule has 2 rings (SSSR count). The van der Waals surface area contributed by atoms with Gasteiger partial charge in [-0.05, 0) is 103 Å². The van der Waals surface area contributed by atoms with Crippen LogP contribution in [0, 0.1) is 83.9 Å². The lowest BCUT2D eigenvalue weighted by Crippen LogP contribution is -2.14. The number of terminal acetylenes is 2. The largest absolute Gasteiger partial charge is 0.488 e. The summed E-state index contributed by atoms with van der Waals surface area (Å²) in [5.41, 5.74) is 2.02. The summed E-state index contributed by atoms with van der Waals surface area (Å²) in [4.78, 5) is 13.4. The van der Waals surface area contributed by atoms with Crippen LogP contribution in [-0.4, -0.2) is 26.0 Å². The molecule has 0 aromatic heterocycles. The maximum absolute atomic E-state index is 13.4. The van der Waals surface area contributed by atoms with Gasteiger partial charge in [-0.25, -0.2) is 0 Å². The van der Waals surface area contributed by atoms with Gasteiger partial charge in [0.25, 0.3) is 0 Å². The third-order valence-electron chi connectivity index (χ3n) is 7.28. The van der Waals surface area contributed by atoms with Crippen molar-refractivity contribution >= 4 is 11.5 Å². The molecule has 0 spiro atoms. The molecule has 2 unspecified atom stereocenters. The number of carbonyl (C=O) groups excluding carboxylic acids is 1. The fourth-order valence-electron chi connectivity index (χ4n) is 4.66. The van der Waals surface area contributed by atoms with E-state index < -0.39 is 0 Å². The van der Waals surface area contributed by atoms with Gasteiger partial charge < -0.3 is 14.8 Å². The number of anilines is 1. The van der Waals surface area contributed by atoms with Crippen molar-refractivity contribution in [3.63, 3.8) is 0 Å². The molecule has 0 radical (unpaired) electrons. The predicted octanol–water partition coefficient (Wildman–Crippen LogP) is 8.17. The van der Waals surface area contributed by atoms with Crippen molar-refractivity contribution in [2.45, 2.75) is 78.1 Å². The highest BCUT2D eigenvalue weighted by molar-refractivity contribution is 6.09. The number of ketones is 1. The average Bonchev–Trinajstić information content (AvgIpc) is 3.09. The van der Waals surface area contributed by atoms with Crippen molar-refractivity contribution in [3.8, 4) is 83.6 Å². The van der Waals surface area contributed by atoms with Crippen LogP contribution in [0.2, 0.25) is 0 Å². The van der Waals surface area contributed by atoms with Crippen LogP contribution in [0.15, 0.2) is 42.5 Å². The minimum Gasteiger partial charge on any atom is -0.488 e. The SMILES string of the molecule is C#CC#CC#CC(CCCCCC)COc1ccc(C(=O)c2ccc(NC)cc2)cc1OCC(C#CC#CC#C)CCCCCC. The van der Waals surface area contributed by atoms with Crippen molar-refractivity contribution in [3.05, 3.63) is 53.6 Å². The molecule has 0 bridgehead atoms. The minimum atomic E-state index is -0.105. The van der Waals surface area contributed by atoms with Crippen LogP contribution in [0.25, 0.3) is 0 Å². The summed E-state index contributed by atoms with van der Waals surface area (Å²) in [5.74, 6) is 28.1. The summed E-state index contributed by atoms with van der Waals surface area (Å²) in [6, 6.07) is 12.7. The van der Waals surface area contributed by atoms with Gasteiger partial charge in [0, 0.05) is 23.9 Å². The van der Waals surface area contributed by atoms with Crippen LogP contribution in [0.5, 0.6) is 11.5 Å². The number of rotatable bonds is 19. The second-order valence-corrected chi connectivity index (χ2v) is 10.9. The highest BCUT2D eigenvalue weighted by Crippen LogP contribution is 2.31. The number of benzene rings is 2. The summed E-state index contributed by atoms with van der Waals surface area (Å²) in [7, 11) is 1.84. The summed E-state index contributed by atoms with van der Waals surface area (Å²) < 4.78 is 12.7. The molecule has 0 heterocycles. The zero-order valence-electron chi connectivity index (χ0n) is 27.6. The number of unbranched alkanes of at least 4 members (excludes halogenated alkanes) is 6. The van der Waals surface area contributed by atoms with Gasteiger partial charge in [0.05, 0.1) is 11.8 Å². The Morgan fingerprint density at radius 1 is 0.674 bits per heavy atom. The third kappa shape index (κ3) is 14.6. The Kier molecular flexibility index (Phi) is 18.8. The second kappa shape index (κ2) is 23.3. The molecule has 2 aromatic rings. The molecule has 4 heteroatoms. The summed E-state index contributed by atoms with van der Waals surface area (Å²) in [6.45, 7) is 5.06. The highest BCUT2D eigenvalue weighted by Gasteiger charge is 2.17. The average molecular weight is 612 g/mol. The lowest BCUT2D eigenvalue weighted by molar-refractivity contribution is 0.103. The van der Waals surface area contributed by atoms with Crippen molar-refractivity contribution in [1.29, 1.82) is 0 Å². The van der Waals surface area contributed by atoms with E-state index >= 15 is 0 Å². The van der Waals surface area contributed by atoms with E-state index in [2.05, 4.69) is 78.4 Å². The molecular weight excluding hydrogens is 566 g/mol. The molecule has 1 N–H and O–H groups in total. The van der Waals surface area contributed by atoms with Crippen LogP contribution in [0.1, 0.15) is 94.0 Å². The van der Waals surface area contributed by atoms with E-state index in [1.807, 2.05) is 31.3 Å². The normalized spacial score (nSPS) is 10.7. The molecule has 0 aliphatic carbocycles. The molecule has 0 saturated carbocycles. The number of ether oxygens (including phenoxy) is 2. The quantitative estimate of drug-likeness (QED) is 0.0989. The Balaban J connectivity index is 2.36. The standard InChI is InChI=1S/C42H45NO3/c1-6-10-14-18-22-35(23-19-15-11-7-2)33-45-40-31-28-38(42(44)37-26-29-39(43-5)30-27-37)32-41(40)46-34-36(24-20-16-12-8-3)25-21-17-13-9-4/h1,3,26-32,35-36,43H,7,9,11,13,15,17,19,21,23,25,33-34H2,2,4-5H3. The summed E-state index contributed by atoms with van der Waals surface area (Å²) in [5, 5.41) is 3.08. The monoisotopic (exact) mass is 611 g/mol. The lowest BCUT2D eigenvalue weighted by atomic mass is 10.0. The highest BCUT2D eigenvalue weighted by atomic mass is 16.5. The van der Waals surface area contributed by atoms with E-state index in [1.54, 1.807) is 18.2 Å². The Morgan fingerprint density at radius 2 is 1.20 bits per heavy atom. The first-order valence-electron chi connectivity index (χ1n) is 16.2. The van der Waals surface area contributed by atoms with Crippen LogP contribution in [0.3, 0.4) is 0 Å². The van der Waals surface area contributed by atoms with Crippen molar-refractivity contribution < 1.29 is 14.3 Å². The van der Waals surface area contributed by atoms with Crippen molar-refractivity contribution in [1.82, 2.24) is 0 Å². The van der Waals surface area contributed by atoms with Crippen LogP contribution >= 0.6 is 0 Å². The van der Waals surface area contributed by atoms with Gasteiger partial charge in [0.1, 0.15) is 13.2 Å². The van der Waals surface area contributed by atoms with E-state index in [-0.39, 0.29) is 17.6 Å². The van der Waals surface area contributed by atoms with Gasteiger partial charge in [-0.15, -0.1) is 12.8 Å². The first-order chi connectivity index (χ1) is 22.6. The third-order valence-corrected chi connectivity index (χ3v) is 7.28. The molecule has 0 saturated heterocycles. The van der Waals surface area contributed by atoms with Crippen LogP contribution < -0.4 is 14.8 Å². The molecule has 0 amide bonds. The first-order valence-corrected chi connectivity index (χ1v) is 16.2. The second-order valence-electron chi connectivity index (χ2n) is 10.9.